The van der Waals surface area contributed by atoms with Gasteiger partial charge in [0.15, 0.2) is 6.54 Å². The van der Waals surface area contributed by atoms with Gasteiger partial charge in [0, 0.05) is 13.2 Å². The third kappa shape index (κ3) is 4.92. The summed E-state index contributed by atoms with van der Waals surface area (Å²) in [5.74, 6) is 0.00651. The van der Waals surface area contributed by atoms with Crippen LogP contribution in [0.2, 0.25) is 0 Å². The Hall–Kier alpha value is -1.48. The number of hydrogen-bond donors (Lipinski definition) is 2. The van der Waals surface area contributed by atoms with Gasteiger partial charge in [0.05, 0.1) is 37.2 Å². The molecule has 2 aliphatic rings. The highest BCUT2D eigenvalue weighted by atomic mass is 32.2. The third-order valence-corrected chi connectivity index (χ3v) is 7.80. The lowest BCUT2D eigenvalue weighted by Gasteiger charge is -2.32. The molecule has 0 bridgehead atoms. The summed E-state index contributed by atoms with van der Waals surface area (Å²) < 4.78 is 33.4. The van der Waals surface area contributed by atoms with Gasteiger partial charge in [-0.25, -0.2) is 8.42 Å². The molecule has 1 aromatic carbocycles. The molecule has 2 saturated heterocycles. The molecular formula is C20H32N3O4S+. The zero-order chi connectivity index (χ0) is 20.3. The number of aryl methyl sites for hydroxylation is 3. The molecule has 1 aromatic rings. The van der Waals surface area contributed by atoms with Crippen molar-refractivity contribution in [3.63, 3.8) is 0 Å². The predicted octanol–water partition coefficient (Wildman–Crippen LogP) is -0.204. The van der Waals surface area contributed by atoms with Crippen molar-refractivity contribution < 1.29 is 22.8 Å². The summed E-state index contributed by atoms with van der Waals surface area (Å²) >= 11 is 0. The van der Waals surface area contributed by atoms with E-state index in [2.05, 4.69) is 5.32 Å². The van der Waals surface area contributed by atoms with Gasteiger partial charge in [-0.3, -0.25) is 4.79 Å². The third-order valence-electron chi connectivity index (χ3n) is 5.59. The molecule has 156 valence electrons. The highest BCUT2D eigenvalue weighted by Crippen LogP contribution is 2.25. The van der Waals surface area contributed by atoms with E-state index < -0.39 is 10.0 Å². The number of carbonyl (C=O) groups is 1. The van der Waals surface area contributed by atoms with Crippen molar-refractivity contribution in [2.45, 2.75) is 44.6 Å². The lowest BCUT2D eigenvalue weighted by atomic mass is 10.1. The highest BCUT2D eigenvalue weighted by molar-refractivity contribution is 7.89. The van der Waals surface area contributed by atoms with Gasteiger partial charge in [-0.05, 0) is 44.7 Å². The summed E-state index contributed by atoms with van der Waals surface area (Å²) in [6, 6.07) is 3.83. The number of carbonyl (C=O) groups excluding carboxylic acids is 1. The van der Waals surface area contributed by atoms with Crippen molar-refractivity contribution in [2.24, 2.45) is 0 Å². The van der Waals surface area contributed by atoms with E-state index in [-0.39, 0.29) is 12.0 Å². The zero-order valence-corrected chi connectivity index (χ0v) is 17.9. The Morgan fingerprint density at radius 1 is 1.21 bits per heavy atom. The van der Waals surface area contributed by atoms with Crippen LogP contribution in [-0.4, -0.2) is 70.6 Å². The zero-order valence-electron chi connectivity index (χ0n) is 17.1. The van der Waals surface area contributed by atoms with E-state index in [0.717, 1.165) is 41.0 Å². The number of quaternary nitrogens is 1. The Labute approximate surface area is 168 Å². The van der Waals surface area contributed by atoms with Crippen LogP contribution in [-0.2, 0) is 19.6 Å². The minimum Gasteiger partial charge on any atom is -0.376 e. The number of nitrogens with zero attached hydrogens (tertiary/aromatic N) is 1. The maximum atomic E-state index is 13.1. The number of amides is 1. The number of nitrogens with one attached hydrogen (secondary N) is 2. The molecule has 0 unspecified atom stereocenters. The summed E-state index contributed by atoms with van der Waals surface area (Å²) in [5.41, 5.74) is 2.65. The van der Waals surface area contributed by atoms with E-state index >= 15 is 0 Å². The van der Waals surface area contributed by atoms with Gasteiger partial charge in [0.1, 0.15) is 0 Å². The molecule has 1 amide bonds. The fourth-order valence-corrected chi connectivity index (χ4v) is 6.10. The maximum Gasteiger partial charge on any atom is 0.275 e. The molecule has 7 nitrogen and oxygen atoms in total. The maximum absolute atomic E-state index is 13.1. The Morgan fingerprint density at radius 2 is 1.86 bits per heavy atom. The normalized spacial score (nSPS) is 21.8. The van der Waals surface area contributed by atoms with Gasteiger partial charge < -0.3 is 15.0 Å². The van der Waals surface area contributed by atoms with Crippen molar-refractivity contribution in [3.8, 4) is 0 Å². The van der Waals surface area contributed by atoms with Crippen molar-refractivity contribution in [1.29, 1.82) is 0 Å². The second kappa shape index (κ2) is 8.90. The number of ether oxygens (including phenoxy) is 1. The molecule has 0 radical (unpaired) electrons. The van der Waals surface area contributed by atoms with E-state index in [1.165, 1.54) is 0 Å². The average molecular weight is 411 g/mol. The summed E-state index contributed by atoms with van der Waals surface area (Å²) in [6.45, 7) is 9.55. The Kier molecular flexibility index (Phi) is 6.75. The van der Waals surface area contributed by atoms with Crippen LogP contribution in [0, 0.1) is 20.8 Å². The number of sulfonamides is 1. The van der Waals surface area contributed by atoms with Crippen LogP contribution >= 0.6 is 0 Å². The largest absolute Gasteiger partial charge is 0.376 e. The standard InChI is InChI=1S/C20H31N3O4S/c1-15-11-16(2)20(17(3)12-15)28(25,26)23-8-6-22(7-9-23)14-19(24)21-13-18-5-4-10-27-18/h11-12,18H,4-10,13-14H2,1-3H3,(H,21,24)/p+1/t18-/m1/s1. The van der Waals surface area contributed by atoms with Crippen LogP contribution in [0.3, 0.4) is 0 Å². The van der Waals surface area contributed by atoms with E-state index in [0.29, 0.717) is 44.2 Å². The number of rotatable bonds is 6. The molecule has 0 saturated carbocycles. The first-order chi connectivity index (χ1) is 13.3. The van der Waals surface area contributed by atoms with Crippen LogP contribution in [0.1, 0.15) is 29.5 Å². The fourth-order valence-electron chi connectivity index (χ4n) is 4.24. The molecule has 2 N–H and O–H groups in total. The lowest BCUT2D eigenvalue weighted by Crippen LogP contribution is -3.15. The van der Waals surface area contributed by atoms with Crippen molar-refractivity contribution in [2.75, 3.05) is 45.9 Å². The molecule has 2 aliphatic heterocycles. The van der Waals surface area contributed by atoms with Gasteiger partial charge in [-0.1, -0.05) is 17.7 Å². The molecule has 0 aromatic heterocycles. The van der Waals surface area contributed by atoms with E-state index in [1.54, 1.807) is 4.31 Å². The molecule has 2 heterocycles. The van der Waals surface area contributed by atoms with Crippen molar-refractivity contribution in [3.05, 3.63) is 28.8 Å². The minimum atomic E-state index is -3.51. The molecule has 0 spiro atoms. The minimum absolute atomic E-state index is 0.00651. The molecule has 8 heteroatoms. The van der Waals surface area contributed by atoms with Crippen LogP contribution < -0.4 is 10.2 Å². The Bertz CT molecular complexity index is 788. The fraction of sp³-hybridized carbons (Fsp3) is 0.650. The lowest BCUT2D eigenvalue weighted by molar-refractivity contribution is -0.895. The Morgan fingerprint density at radius 3 is 2.43 bits per heavy atom. The topological polar surface area (TPSA) is 80.2 Å². The SMILES string of the molecule is Cc1cc(C)c(S(=O)(=O)N2CC[NH+](CC(=O)NC[C@H]3CCCO3)CC2)c(C)c1. The first-order valence-electron chi connectivity index (χ1n) is 10.1. The molecule has 28 heavy (non-hydrogen) atoms. The number of piperazine rings is 1. The second-order valence-corrected chi connectivity index (χ2v) is 9.87. The second-order valence-electron chi connectivity index (χ2n) is 8.00. The quantitative estimate of drug-likeness (QED) is 0.681. The van der Waals surface area contributed by atoms with Gasteiger partial charge in [-0.2, -0.15) is 4.31 Å². The number of hydrogen-bond acceptors (Lipinski definition) is 4. The van der Waals surface area contributed by atoms with Crippen LogP contribution in [0.4, 0.5) is 0 Å². The molecule has 1 atom stereocenters. The first-order valence-corrected chi connectivity index (χ1v) is 11.5. The summed E-state index contributed by atoms with van der Waals surface area (Å²) in [6.07, 6.45) is 2.20. The van der Waals surface area contributed by atoms with Crippen LogP contribution in [0.15, 0.2) is 17.0 Å². The molecule has 3 rings (SSSR count). The molecule has 0 aliphatic carbocycles. The van der Waals surface area contributed by atoms with Gasteiger partial charge >= 0.3 is 0 Å². The summed E-state index contributed by atoms with van der Waals surface area (Å²) in [4.78, 5) is 13.7. The predicted molar refractivity (Wildman–Crippen MR) is 107 cm³/mol. The summed E-state index contributed by atoms with van der Waals surface area (Å²) in [5, 5.41) is 2.94. The summed E-state index contributed by atoms with van der Waals surface area (Å²) in [7, 11) is -3.51. The monoisotopic (exact) mass is 410 g/mol. The van der Waals surface area contributed by atoms with Crippen molar-refractivity contribution >= 4 is 15.9 Å². The highest BCUT2D eigenvalue weighted by Gasteiger charge is 2.33. The first kappa shape index (κ1) is 21.2. The van der Waals surface area contributed by atoms with Crippen molar-refractivity contribution in [1.82, 2.24) is 9.62 Å². The van der Waals surface area contributed by atoms with E-state index in [9.17, 15) is 13.2 Å². The average Bonchev–Trinajstić information content (AvgIpc) is 3.13. The van der Waals surface area contributed by atoms with Gasteiger partial charge in [-0.15, -0.1) is 0 Å². The van der Waals surface area contributed by atoms with E-state index in [4.69, 9.17) is 4.74 Å². The number of benzene rings is 1. The smallest absolute Gasteiger partial charge is 0.275 e. The van der Waals surface area contributed by atoms with E-state index in [1.807, 2.05) is 32.9 Å². The Balaban J connectivity index is 1.54. The van der Waals surface area contributed by atoms with Crippen LogP contribution in [0.25, 0.3) is 0 Å². The molecular weight excluding hydrogens is 378 g/mol. The molecule has 2 fully saturated rings. The van der Waals surface area contributed by atoms with Crippen LogP contribution in [0.5, 0.6) is 0 Å². The van der Waals surface area contributed by atoms with Gasteiger partial charge in [0.25, 0.3) is 5.91 Å². The van der Waals surface area contributed by atoms with Gasteiger partial charge in [0.2, 0.25) is 10.0 Å².